The van der Waals surface area contributed by atoms with Crippen molar-refractivity contribution in [2.75, 3.05) is 38.2 Å². The average molecular weight is 333 g/mol. The number of pyridine rings is 1. The molecule has 1 amide bonds. The third-order valence-corrected chi connectivity index (χ3v) is 4.72. The number of piperidine rings is 1. The minimum Gasteiger partial charge on any atom is -0.384 e. The Balaban J connectivity index is 1.55. The third-order valence-electron chi connectivity index (χ3n) is 4.72. The number of rotatable bonds is 6. The van der Waals surface area contributed by atoms with E-state index in [4.69, 9.17) is 9.47 Å². The predicted molar refractivity (Wildman–Crippen MR) is 92.0 cm³/mol. The second-order valence-electron chi connectivity index (χ2n) is 6.50. The van der Waals surface area contributed by atoms with E-state index in [1.54, 1.807) is 12.4 Å². The first kappa shape index (κ1) is 17.2. The van der Waals surface area contributed by atoms with Crippen LogP contribution in [-0.2, 0) is 9.47 Å². The van der Waals surface area contributed by atoms with Crippen LogP contribution < -0.4 is 5.32 Å². The van der Waals surface area contributed by atoms with Gasteiger partial charge in [-0.3, -0.25) is 9.78 Å². The molecule has 2 fully saturated rings. The summed E-state index contributed by atoms with van der Waals surface area (Å²) in [5.74, 6) is -0.412. The highest BCUT2D eigenvalue weighted by Gasteiger charge is 2.40. The van der Waals surface area contributed by atoms with Crippen molar-refractivity contribution in [3.63, 3.8) is 0 Å². The molecule has 0 unspecified atom stereocenters. The van der Waals surface area contributed by atoms with Gasteiger partial charge in [-0.05, 0) is 12.5 Å². The van der Waals surface area contributed by atoms with Crippen LogP contribution in [0.4, 0.5) is 5.69 Å². The van der Waals surface area contributed by atoms with Gasteiger partial charge in [0.2, 0.25) is 0 Å². The smallest absolute Gasteiger partial charge is 0.255 e. The zero-order valence-electron chi connectivity index (χ0n) is 14.4. The molecule has 0 aliphatic carbocycles. The molecule has 2 aliphatic rings. The van der Waals surface area contributed by atoms with Crippen molar-refractivity contribution < 1.29 is 14.3 Å². The molecule has 0 radical (unpaired) electrons. The summed E-state index contributed by atoms with van der Waals surface area (Å²) in [7, 11) is 0. The molecule has 0 saturated carbocycles. The molecule has 2 saturated heterocycles. The highest BCUT2D eigenvalue weighted by atomic mass is 16.7. The lowest BCUT2D eigenvalue weighted by molar-refractivity contribution is -0.181. The van der Waals surface area contributed by atoms with E-state index in [0.29, 0.717) is 31.9 Å². The van der Waals surface area contributed by atoms with Crippen LogP contribution in [0.25, 0.3) is 0 Å². The Morgan fingerprint density at radius 3 is 2.71 bits per heavy atom. The number of likely N-dealkylation sites (tertiary alicyclic amines) is 1. The average Bonchev–Trinajstić information content (AvgIpc) is 3.07. The first-order valence-corrected chi connectivity index (χ1v) is 8.98. The molecule has 3 rings (SSSR count). The van der Waals surface area contributed by atoms with Gasteiger partial charge >= 0.3 is 0 Å². The molecule has 132 valence electrons. The Labute approximate surface area is 143 Å². The minimum absolute atomic E-state index is 0.0348. The lowest BCUT2D eigenvalue weighted by Crippen LogP contribution is -2.47. The summed E-state index contributed by atoms with van der Waals surface area (Å²) in [4.78, 5) is 18.8. The fourth-order valence-electron chi connectivity index (χ4n) is 3.28. The van der Waals surface area contributed by atoms with Gasteiger partial charge in [-0.1, -0.05) is 19.8 Å². The van der Waals surface area contributed by atoms with E-state index in [9.17, 15) is 4.79 Å². The van der Waals surface area contributed by atoms with Crippen LogP contribution >= 0.6 is 0 Å². The van der Waals surface area contributed by atoms with Crippen molar-refractivity contribution in [3.8, 4) is 0 Å². The van der Waals surface area contributed by atoms with Crippen LogP contribution in [0.1, 0.15) is 49.4 Å². The van der Waals surface area contributed by atoms with Crippen LogP contribution in [-0.4, -0.2) is 54.4 Å². The highest BCUT2D eigenvalue weighted by molar-refractivity contribution is 5.94. The number of hydrogen-bond acceptors (Lipinski definition) is 5. The summed E-state index contributed by atoms with van der Waals surface area (Å²) >= 11 is 0. The quantitative estimate of drug-likeness (QED) is 0.811. The number of aromatic nitrogens is 1. The Bertz CT molecular complexity index is 548. The van der Waals surface area contributed by atoms with Crippen LogP contribution in [0, 0.1) is 0 Å². The van der Waals surface area contributed by atoms with E-state index in [-0.39, 0.29) is 5.91 Å². The van der Waals surface area contributed by atoms with Crippen molar-refractivity contribution in [2.45, 2.75) is 44.8 Å². The van der Waals surface area contributed by atoms with E-state index >= 15 is 0 Å². The first-order valence-electron chi connectivity index (χ1n) is 8.98. The maximum atomic E-state index is 12.7. The molecule has 3 heterocycles. The monoisotopic (exact) mass is 333 g/mol. The largest absolute Gasteiger partial charge is 0.384 e. The zero-order valence-corrected chi connectivity index (χ0v) is 14.4. The topological polar surface area (TPSA) is 63.7 Å². The van der Waals surface area contributed by atoms with Crippen molar-refractivity contribution in [1.29, 1.82) is 0 Å². The Morgan fingerprint density at radius 2 is 2.00 bits per heavy atom. The molecule has 1 aromatic heterocycles. The summed E-state index contributed by atoms with van der Waals surface area (Å²) in [6.07, 6.45) is 8.42. The van der Waals surface area contributed by atoms with Gasteiger partial charge in [-0.15, -0.1) is 0 Å². The Hall–Kier alpha value is -1.66. The Morgan fingerprint density at radius 1 is 1.25 bits per heavy atom. The predicted octanol–water partition coefficient (Wildman–Crippen LogP) is 2.66. The minimum atomic E-state index is -0.447. The van der Waals surface area contributed by atoms with Crippen LogP contribution in [0.2, 0.25) is 0 Å². The number of nitrogens with one attached hydrogen (secondary N) is 1. The molecule has 0 atom stereocenters. The maximum Gasteiger partial charge on any atom is 0.255 e. The molecule has 0 aromatic carbocycles. The summed E-state index contributed by atoms with van der Waals surface area (Å²) in [5.41, 5.74) is 1.55. The number of carbonyl (C=O) groups excluding carboxylic acids is 1. The molecular weight excluding hydrogens is 306 g/mol. The number of carbonyl (C=O) groups is 1. The van der Waals surface area contributed by atoms with Crippen LogP contribution in [0.15, 0.2) is 18.5 Å². The van der Waals surface area contributed by atoms with Crippen LogP contribution in [0.5, 0.6) is 0 Å². The van der Waals surface area contributed by atoms with Crippen molar-refractivity contribution >= 4 is 11.6 Å². The molecule has 6 nitrogen and oxygen atoms in total. The van der Waals surface area contributed by atoms with Gasteiger partial charge in [0.05, 0.1) is 24.5 Å². The number of unbranched alkanes of at least 4 members (excludes halogenated alkanes) is 2. The molecule has 0 bridgehead atoms. The van der Waals surface area contributed by atoms with Crippen molar-refractivity contribution in [3.05, 3.63) is 24.0 Å². The summed E-state index contributed by atoms with van der Waals surface area (Å²) in [5, 5.41) is 3.34. The standard InChI is InChI=1S/C18H27N3O3/c1-2-3-4-7-20-16-12-15(13-19-14-16)17(22)21-8-5-18(6-9-21)23-10-11-24-18/h12-14,20H,2-11H2,1H3. The van der Waals surface area contributed by atoms with Gasteiger partial charge in [-0.2, -0.15) is 0 Å². The second kappa shape index (κ2) is 7.94. The molecule has 1 spiro atoms. The Kier molecular flexibility index (Phi) is 5.68. The first-order chi connectivity index (χ1) is 11.7. The molecule has 1 N–H and O–H groups in total. The van der Waals surface area contributed by atoms with E-state index in [2.05, 4.69) is 17.2 Å². The molecule has 6 heteroatoms. The van der Waals surface area contributed by atoms with Crippen molar-refractivity contribution in [1.82, 2.24) is 9.88 Å². The third kappa shape index (κ3) is 4.05. The van der Waals surface area contributed by atoms with E-state index in [1.807, 2.05) is 11.0 Å². The van der Waals surface area contributed by atoms with Gasteiger partial charge in [0.15, 0.2) is 5.79 Å². The number of nitrogens with zero attached hydrogens (tertiary/aromatic N) is 2. The van der Waals surface area contributed by atoms with E-state index < -0.39 is 5.79 Å². The van der Waals surface area contributed by atoms with Gasteiger partial charge in [0, 0.05) is 44.9 Å². The van der Waals surface area contributed by atoms with Crippen LogP contribution in [0.3, 0.4) is 0 Å². The van der Waals surface area contributed by atoms with E-state index in [0.717, 1.165) is 31.5 Å². The molecular formula is C18H27N3O3. The zero-order chi connectivity index (χ0) is 16.8. The van der Waals surface area contributed by atoms with Gasteiger partial charge < -0.3 is 19.7 Å². The fraction of sp³-hybridized carbons (Fsp3) is 0.667. The maximum absolute atomic E-state index is 12.7. The molecule has 2 aliphatic heterocycles. The van der Waals surface area contributed by atoms with E-state index in [1.165, 1.54) is 12.8 Å². The second-order valence-corrected chi connectivity index (χ2v) is 6.50. The van der Waals surface area contributed by atoms with Gasteiger partial charge in [0.1, 0.15) is 0 Å². The SMILES string of the molecule is CCCCCNc1cncc(C(=O)N2CCC3(CC2)OCCO3)c1. The highest BCUT2D eigenvalue weighted by Crippen LogP contribution is 2.31. The fourth-order valence-corrected chi connectivity index (χ4v) is 3.28. The number of anilines is 1. The number of ether oxygens (including phenoxy) is 2. The lowest BCUT2D eigenvalue weighted by Gasteiger charge is -2.37. The van der Waals surface area contributed by atoms with Crippen molar-refractivity contribution in [2.24, 2.45) is 0 Å². The van der Waals surface area contributed by atoms with Gasteiger partial charge in [-0.25, -0.2) is 0 Å². The number of hydrogen-bond donors (Lipinski definition) is 1. The number of amides is 1. The normalized spacial score (nSPS) is 19.6. The summed E-state index contributed by atoms with van der Waals surface area (Å²) < 4.78 is 11.4. The summed E-state index contributed by atoms with van der Waals surface area (Å²) in [6, 6.07) is 1.90. The molecule has 24 heavy (non-hydrogen) atoms. The van der Waals surface area contributed by atoms with Gasteiger partial charge in [0.25, 0.3) is 5.91 Å². The molecule has 1 aromatic rings. The lowest BCUT2D eigenvalue weighted by atomic mass is 10.0. The summed E-state index contributed by atoms with van der Waals surface area (Å²) in [6.45, 7) is 5.73.